The molecule has 2 aromatic carbocycles. The summed E-state index contributed by atoms with van der Waals surface area (Å²) in [6, 6.07) is 16.4. The molecular weight excluding hydrogens is 246 g/mol. The molecule has 0 spiro atoms. The molecule has 0 bridgehead atoms. The first-order valence-electron chi connectivity index (χ1n) is 6.86. The third-order valence-electron chi connectivity index (χ3n) is 3.60. The topological polar surface area (TPSA) is 35.2 Å². The average Bonchev–Trinajstić information content (AvgIpc) is 2.47. The maximum Gasteiger partial charge on any atom is 0.119 e. The number of nitrogens with two attached hydrogens (primary N) is 1. The van der Waals surface area contributed by atoms with Gasteiger partial charge in [0.2, 0.25) is 0 Å². The Kier molecular flexibility index (Phi) is 3.71. The Morgan fingerprint density at radius 2 is 1.90 bits per heavy atom. The molecule has 0 amide bonds. The number of hydrogen-bond donors (Lipinski definition) is 1. The van der Waals surface area contributed by atoms with Crippen molar-refractivity contribution in [2.24, 2.45) is 5.73 Å². The third-order valence-corrected chi connectivity index (χ3v) is 3.60. The van der Waals surface area contributed by atoms with Crippen molar-refractivity contribution in [2.45, 2.75) is 12.3 Å². The predicted octanol–water partition coefficient (Wildman–Crippen LogP) is 2.72. The molecule has 0 saturated heterocycles. The van der Waals surface area contributed by atoms with Crippen molar-refractivity contribution >= 4 is 0 Å². The van der Waals surface area contributed by atoms with Crippen molar-refractivity contribution in [1.29, 1.82) is 0 Å². The number of fused-ring (bicyclic) bond motifs is 1. The fourth-order valence-electron chi connectivity index (χ4n) is 2.50. The van der Waals surface area contributed by atoms with Gasteiger partial charge in [0, 0.05) is 11.5 Å². The van der Waals surface area contributed by atoms with E-state index in [1.54, 1.807) is 0 Å². The maximum atomic E-state index is 5.85. The van der Waals surface area contributed by atoms with E-state index in [-0.39, 0.29) is 0 Å². The first-order chi connectivity index (χ1) is 9.86. The Balaban J connectivity index is 1.57. The van der Waals surface area contributed by atoms with Crippen LogP contribution in [-0.2, 0) is 6.42 Å². The SMILES string of the molecule is NCC#Cc1ccc(OCC2Cc3ccccc32)cc1. The second kappa shape index (κ2) is 5.81. The summed E-state index contributed by atoms with van der Waals surface area (Å²) in [4.78, 5) is 0. The van der Waals surface area contributed by atoms with Crippen molar-refractivity contribution in [1.82, 2.24) is 0 Å². The molecule has 20 heavy (non-hydrogen) atoms. The summed E-state index contributed by atoms with van der Waals surface area (Å²) in [6.45, 7) is 1.13. The van der Waals surface area contributed by atoms with Crippen LogP contribution in [-0.4, -0.2) is 13.2 Å². The lowest BCUT2D eigenvalue weighted by molar-refractivity contribution is 0.275. The van der Waals surface area contributed by atoms with Crippen LogP contribution >= 0.6 is 0 Å². The van der Waals surface area contributed by atoms with Crippen molar-refractivity contribution in [3.63, 3.8) is 0 Å². The molecule has 1 atom stereocenters. The van der Waals surface area contributed by atoms with Gasteiger partial charge >= 0.3 is 0 Å². The van der Waals surface area contributed by atoms with Crippen LogP contribution in [0, 0.1) is 11.8 Å². The molecule has 2 aromatic rings. The Labute approximate surface area is 119 Å². The molecule has 1 aliphatic carbocycles. The molecule has 0 aromatic heterocycles. The van der Waals surface area contributed by atoms with E-state index in [0.717, 1.165) is 24.3 Å². The van der Waals surface area contributed by atoms with Gasteiger partial charge in [0.25, 0.3) is 0 Å². The summed E-state index contributed by atoms with van der Waals surface area (Å²) < 4.78 is 5.85. The molecule has 2 heteroatoms. The second-order valence-corrected chi connectivity index (χ2v) is 4.94. The van der Waals surface area contributed by atoms with Crippen molar-refractivity contribution in [3.05, 3.63) is 65.2 Å². The fraction of sp³-hybridized carbons (Fsp3) is 0.222. The lowest BCUT2D eigenvalue weighted by atomic mass is 9.78. The summed E-state index contributed by atoms with van der Waals surface area (Å²) in [6.07, 6.45) is 1.12. The molecule has 0 saturated carbocycles. The van der Waals surface area contributed by atoms with Crippen LogP contribution in [0.15, 0.2) is 48.5 Å². The summed E-state index contributed by atoms with van der Waals surface area (Å²) in [7, 11) is 0. The standard InChI is InChI=1S/C18H17NO/c19-11-3-4-14-7-9-17(10-8-14)20-13-16-12-15-5-1-2-6-18(15)16/h1-2,5-10,16H,11-13,19H2. The first-order valence-corrected chi connectivity index (χ1v) is 6.86. The molecule has 0 radical (unpaired) electrons. The Morgan fingerprint density at radius 3 is 2.65 bits per heavy atom. The highest BCUT2D eigenvalue weighted by molar-refractivity contribution is 5.41. The molecule has 1 aliphatic rings. The largest absolute Gasteiger partial charge is 0.493 e. The van der Waals surface area contributed by atoms with Crippen LogP contribution in [0.4, 0.5) is 0 Å². The van der Waals surface area contributed by atoms with Gasteiger partial charge in [-0.15, -0.1) is 0 Å². The van der Waals surface area contributed by atoms with Gasteiger partial charge in [-0.05, 0) is 41.8 Å². The minimum absolute atomic E-state index is 0.388. The van der Waals surface area contributed by atoms with Crippen LogP contribution in [0.2, 0.25) is 0 Å². The minimum atomic E-state index is 0.388. The van der Waals surface area contributed by atoms with Gasteiger partial charge in [0.05, 0.1) is 13.2 Å². The third kappa shape index (κ3) is 2.68. The highest BCUT2D eigenvalue weighted by atomic mass is 16.5. The van der Waals surface area contributed by atoms with Gasteiger partial charge < -0.3 is 10.5 Å². The zero-order valence-corrected chi connectivity index (χ0v) is 11.3. The van der Waals surface area contributed by atoms with Crippen molar-refractivity contribution in [2.75, 3.05) is 13.2 Å². The molecule has 2 N–H and O–H groups in total. The van der Waals surface area contributed by atoms with Crippen LogP contribution in [0.1, 0.15) is 22.6 Å². The van der Waals surface area contributed by atoms with Gasteiger partial charge in [-0.2, -0.15) is 0 Å². The van der Waals surface area contributed by atoms with Crippen LogP contribution < -0.4 is 10.5 Å². The quantitative estimate of drug-likeness (QED) is 0.864. The number of benzene rings is 2. The van der Waals surface area contributed by atoms with E-state index >= 15 is 0 Å². The van der Waals surface area contributed by atoms with Gasteiger partial charge in [-0.1, -0.05) is 36.1 Å². The van der Waals surface area contributed by atoms with E-state index in [1.807, 2.05) is 24.3 Å². The molecule has 1 unspecified atom stereocenters. The van der Waals surface area contributed by atoms with E-state index in [4.69, 9.17) is 10.5 Å². The highest BCUT2D eigenvalue weighted by Crippen LogP contribution is 2.35. The van der Waals surface area contributed by atoms with Crippen LogP contribution in [0.5, 0.6) is 5.75 Å². The average molecular weight is 263 g/mol. The first kappa shape index (κ1) is 12.8. The lowest BCUT2D eigenvalue weighted by Gasteiger charge is -2.29. The lowest BCUT2D eigenvalue weighted by Crippen LogP contribution is -2.23. The molecule has 2 nitrogen and oxygen atoms in total. The van der Waals surface area contributed by atoms with Crippen LogP contribution in [0.25, 0.3) is 0 Å². The Hall–Kier alpha value is -2.24. The molecule has 0 fully saturated rings. The number of rotatable bonds is 3. The van der Waals surface area contributed by atoms with E-state index in [9.17, 15) is 0 Å². The predicted molar refractivity (Wildman–Crippen MR) is 80.8 cm³/mol. The van der Waals surface area contributed by atoms with Crippen molar-refractivity contribution < 1.29 is 4.74 Å². The molecular formula is C18H17NO. The second-order valence-electron chi connectivity index (χ2n) is 4.94. The Bertz CT molecular complexity index is 649. The van der Waals surface area contributed by atoms with Gasteiger partial charge in [-0.3, -0.25) is 0 Å². The molecule has 0 heterocycles. The number of hydrogen-bond acceptors (Lipinski definition) is 2. The smallest absolute Gasteiger partial charge is 0.119 e. The summed E-state index contributed by atoms with van der Waals surface area (Å²) in [5, 5.41) is 0. The summed E-state index contributed by atoms with van der Waals surface area (Å²) in [5.41, 5.74) is 9.20. The van der Waals surface area contributed by atoms with Gasteiger partial charge in [-0.25, -0.2) is 0 Å². The monoisotopic (exact) mass is 263 g/mol. The fourth-order valence-corrected chi connectivity index (χ4v) is 2.50. The number of ether oxygens (including phenoxy) is 1. The van der Waals surface area contributed by atoms with E-state index in [2.05, 4.69) is 36.1 Å². The minimum Gasteiger partial charge on any atom is -0.493 e. The van der Waals surface area contributed by atoms with E-state index < -0.39 is 0 Å². The van der Waals surface area contributed by atoms with E-state index in [0.29, 0.717) is 12.5 Å². The van der Waals surface area contributed by atoms with Gasteiger partial charge in [0.15, 0.2) is 0 Å². The zero-order valence-electron chi connectivity index (χ0n) is 11.3. The molecule has 3 rings (SSSR count). The van der Waals surface area contributed by atoms with Crippen LogP contribution in [0.3, 0.4) is 0 Å². The van der Waals surface area contributed by atoms with Gasteiger partial charge in [0.1, 0.15) is 5.75 Å². The summed E-state index contributed by atoms with van der Waals surface area (Å²) >= 11 is 0. The Morgan fingerprint density at radius 1 is 1.10 bits per heavy atom. The van der Waals surface area contributed by atoms with Crippen molar-refractivity contribution in [3.8, 4) is 17.6 Å². The maximum absolute atomic E-state index is 5.85. The molecule has 0 aliphatic heterocycles. The summed E-state index contributed by atoms with van der Waals surface area (Å²) in [5.74, 6) is 7.27. The zero-order chi connectivity index (χ0) is 13.8. The highest BCUT2D eigenvalue weighted by Gasteiger charge is 2.25. The normalized spacial score (nSPS) is 15.6. The molecule has 100 valence electrons. The van der Waals surface area contributed by atoms with E-state index in [1.165, 1.54) is 11.1 Å².